The van der Waals surface area contributed by atoms with Crippen LogP contribution in [0, 0.1) is 0 Å². The molecule has 0 unspecified atom stereocenters. The number of nitrogens with one attached hydrogen (secondary N) is 1. The van der Waals surface area contributed by atoms with Crippen molar-refractivity contribution in [2.24, 2.45) is 0 Å². The first-order chi connectivity index (χ1) is 12.4. The van der Waals surface area contributed by atoms with Crippen molar-refractivity contribution < 1.29 is 27.9 Å². The molecule has 26 heavy (non-hydrogen) atoms. The summed E-state index contributed by atoms with van der Waals surface area (Å²) in [4.78, 5) is 22.7. The minimum Gasteiger partial charge on any atom is -0.480 e. The summed E-state index contributed by atoms with van der Waals surface area (Å²) in [6.07, 6.45) is 2.40. The van der Waals surface area contributed by atoms with Gasteiger partial charge >= 0.3 is 12.1 Å². The Morgan fingerprint density at radius 1 is 1.19 bits per heavy atom. The average molecular weight is 384 g/mol. The second-order valence-corrected chi connectivity index (χ2v) is 8.22. The molecule has 0 heterocycles. The van der Waals surface area contributed by atoms with Gasteiger partial charge in [-0.05, 0) is 18.4 Å². The first-order valence-electron chi connectivity index (χ1n) is 8.54. The zero-order valence-electron chi connectivity index (χ0n) is 14.5. The fraction of sp³-hybridized carbons (Fsp3) is 0.529. The summed E-state index contributed by atoms with van der Waals surface area (Å²) >= 11 is 0. The van der Waals surface area contributed by atoms with E-state index in [1.54, 1.807) is 0 Å². The molecule has 144 valence electrons. The van der Waals surface area contributed by atoms with Crippen LogP contribution >= 0.6 is 0 Å². The van der Waals surface area contributed by atoms with Crippen LogP contribution in [-0.4, -0.2) is 54.8 Å². The van der Waals surface area contributed by atoms with Gasteiger partial charge in [-0.2, -0.15) is 4.31 Å². The standard InChI is InChI=1S/C17H24N2O6S/c20-16(21)12-19(15-8-4-5-9-15)26(23,24)11-10-18-17(22)25-13-14-6-2-1-3-7-14/h1-3,6-7,15H,4-5,8-13H2,(H,18,22)(H,20,21). The van der Waals surface area contributed by atoms with Crippen LogP contribution in [0.1, 0.15) is 31.2 Å². The number of rotatable bonds is 9. The van der Waals surface area contributed by atoms with E-state index in [1.807, 2.05) is 30.3 Å². The topological polar surface area (TPSA) is 113 Å². The summed E-state index contributed by atoms with van der Waals surface area (Å²) in [6, 6.07) is 8.83. The maximum atomic E-state index is 12.5. The molecule has 0 saturated heterocycles. The van der Waals surface area contributed by atoms with Crippen molar-refractivity contribution >= 4 is 22.1 Å². The maximum absolute atomic E-state index is 12.5. The Hall–Kier alpha value is -2.13. The molecule has 2 N–H and O–H groups in total. The van der Waals surface area contributed by atoms with Crippen molar-refractivity contribution in [2.75, 3.05) is 18.8 Å². The molecule has 1 aromatic carbocycles. The Labute approximate surface area is 153 Å². The van der Waals surface area contributed by atoms with Crippen LogP contribution < -0.4 is 5.32 Å². The summed E-state index contributed by atoms with van der Waals surface area (Å²) in [7, 11) is -3.78. The van der Waals surface area contributed by atoms with Gasteiger partial charge in [-0.3, -0.25) is 4.79 Å². The van der Waals surface area contributed by atoms with Gasteiger partial charge < -0.3 is 15.2 Å². The number of carboxylic acids is 1. The summed E-state index contributed by atoms with van der Waals surface area (Å²) in [5.74, 6) is -1.55. The van der Waals surface area contributed by atoms with Gasteiger partial charge in [0, 0.05) is 12.6 Å². The summed E-state index contributed by atoms with van der Waals surface area (Å²) in [5.41, 5.74) is 0.823. The van der Waals surface area contributed by atoms with Crippen molar-refractivity contribution in [3.8, 4) is 0 Å². The molecule has 2 rings (SSSR count). The minimum atomic E-state index is -3.78. The van der Waals surface area contributed by atoms with Crippen LogP contribution in [0.25, 0.3) is 0 Å². The van der Waals surface area contributed by atoms with Crippen molar-refractivity contribution in [3.63, 3.8) is 0 Å². The predicted molar refractivity (Wildman–Crippen MR) is 95.0 cm³/mol. The molecule has 9 heteroatoms. The van der Waals surface area contributed by atoms with Gasteiger partial charge in [-0.15, -0.1) is 0 Å². The van der Waals surface area contributed by atoms with Crippen molar-refractivity contribution in [3.05, 3.63) is 35.9 Å². The van der Waals surface area contributed by atoms with Crippen molar-refractivity contribution in [1.29, 1.82) is 0 Å². The lowest BCUT2D eigenvalue weighted by molar-refractivity contribution is -0.137. The maximum Gasteiger partial charge on any atom is 0.407 e. The van der Waals surface area contributed by atoms with Gasteiger partial charge in [0.25, 0.3) is 0 Å². The molecule has 0 aliphatic heterocycles. The van der Waals surface area contributed by atoms with Crippen LogP contribution in [0.15, 0.2) is 30.3 Å². The number of hydrogen-bond acceptors (Lipinski definition) is 5. The Balaban J connectivity index is 1.81. The van der Waals surface area contributed by atoms with Gasteiger partial charge in [-0.1, -0.05) is 43.2 Å². The second kappa shape index (κ2) is 9.54. The lowest BCUT2D eigenvalue weighted by atomic mass is 10.2. The largest absolute Gasteiger partial charge is 0.480 e. The number of sulfonamides is 1. The molecule has 0 spiro atoms. The lowest BCUT2D eigenvalue weighted by Gasteiger charge is -2.26. The predicted octanol–water partition coefficient (Wildman–Crippen LogP) is 1.57. The number of alkyl carbamates (subject to hydrolysis) is 1. The molecule has 1 aliphatic carbocycles. The molecule has 0 bridgehead atoms. The summed E-state index contributed by atoms with van der Waals surface area (Å²) in [6.45, 7) is -0.600. The Kier molecular flexibility index (Phi) is 7.40. The zero-order valence-corrected chi connectivity index (χ0v) is 15.3. The molecular weight excluding hydrogens is 360 g/mol. The highest BCUT2D eigenvalue weighted by atomic mass is 32.2. The van der Waals surface area contributed by atoms with Gasteiger partial charge in [0.2, 0.25) is 10.0 Å². The third-order valence-corrected chi connectivity index (χ3v) is 6.08. The quantitative estimate of drug-likeness (QED) is 0.668. The fourth-order valence-corrected chi connectivity index (χ4v) is 4.52. The van der Waals surface area contributed by atoms with E-state index in [0.717, 1.165) is 22.7 Å². The van der Waals surface area contributed by atoms with Crippen molar-refractivity contribution in [1.82, 2.24) is 9.62 Å². The first-order valence-corrected chi connectivity index (χ1v) is 10.2. The molecule has 1 fully saturated rings. The van der Waals surface area contributed by atoms with Gasteiger partial charge in [-0.25, -0.2) is 13.2 Å². The molecule has 8 nitrogen and oxygen atoms in total. The lowest BCUT2D eigenvalue weighted by Crippen LogP contribution is -2.45. The number of carbonyl (C=O) groups is 2. The van der Waals surface area contributed by atoms with E-state index < -0.39 is 28.6 Å². The van der Waals surface area contributed by atoms with E-state index in [9.17, 15) is 18.0 Å². The molecular formula is C17H24N2O6S. The molecule has 0 radical (unpaired) electrons. The van der Waals surface area contributed by atoms with E-state index in [2.05, 4.69) is 5.32 Å². The molecule has 1 amide bonds. The average Bonchev–Trinajstić information content (AvgIpc) is 3.12. The normalized spacial score (nSPS) is 15.1. The van der Waals surface area contributed by atoms with Gasteiger partial charge in [0.05, 0.1) is 5.75 Å². The number of ether oxygens (including phenoxy) is 1. The smallest absolute Gasteiger partial charge is 0.407 e. The zero-order chi connectivity index (χ0) is 19.0. The highest BCUT2D eigenvalue weighted by Crippen LogP contribution is 2.25. The molecule has 1 aromatic rings. The highest BCUT2D eigenvalue weighted by Gasteiger charge is 2.33. The number of carboxylic acid groups (broad SMARTS) is 1. The molecule has 1 aliphatic rings. The number of nitrogens with zero attached hydrogens (tertiary/aromatic N) is 1. The SMILES string of the molecule is O=C(O)CN(C1CCCC1)S(=O)(=O)CCNC(=O)OCc1ccccc1. The van der Waals surface area contributed by atoms with E-state index in [1.165, 1.54) is 0 Å². The first kappa shape index (κ1) is 20.2. The number of hydrogen-bond donors (Lipinski definition) is 2. The van der Waals surface area contributed by atoms with Gasteiger partial charge in [0.15, 0.2) is 0 Å². The third-order valence-electron chi connectivity index (χ3n) is 4.22. The molecule has 0 atom stereocenters. The monoisotopic (exact) mass is 384 g/mol. The second-order valence-electron chi connectivity index (χ2n) is 6.18. The van der Waals surface area contributed by atoms with E-state index in [-0.39, 0.29) is 24.9 Å². The van der Waals surface area contributed by atoms with Crippen LogP contribution in [0.3, 0.4) is 0 Å². The fourth-order valence-electron chi connectivity index (χ4n) is 2.95. The third kappa shape index (κ3) is 6.30. The molecule has 0 aromatic heterocycles. The van der Waals surface area contributed by atoms with Crippen LogP contribution in [0.2, 0.25) is 0 Å². The van der Waals surface area contributed by atoms with E-state index >= 15 is 0 Å². The Morgan fingerprint density at radius 2 is 1.85 bits per heavy atom. The number of benzene rings is 1. The van der Waals surface area contributed by atoms with Crippen LogP contribution in [0.5, 0.6) is 0 Å². The van der Waals surface area contributed by atoms with Gasteiger partial charge in [0.1, 0.15) is 13.2 Å². The number of aliphatic carboxylic acids is 1. The van der Waals surface area contributed by atoms with E-state index in [4.69, 9.17) is 9.84 Å². The summed E-state index contributed by atoms with van der Waals surface area (Å²) in [5, 5.41) is 11.4. The van der Waals surface area contributed by atoms with Crippen LogP contribution in [-0.2, 0) is 26.2 Å². The van der Waals surface area contributed by atoms with Crippen LogP contribution in [0.4, 0.5) is 4.79 Å². The van der Waals surface area contributed by atoms with Crippen molar-refractivity contribution in [2.45, 2.75) is 38.3 Å². The Bertz CT molecular complexity index is 701. The summed E-state index contributed by atoms with van der Waals surface area (Å²) < 4.78 is 31.0. The number of carbonyl (C=O) groups excluding carboxylic acids is 1. The number of amides is 1. The highest BCUT2D eigenvalue weighted by molar-refractivity contribution is 7.89. The Morgan fingerprint density at radius 3 is 2.46 bits per heavy atom. The molecule has 1 saturated carbocycles. The van der Waals surface area contributed by atoms with E-state index in [0.29, 0.717) is 12.8 Å². The minimum absolute atomic E-state index is 0.0899.